The summed E-state index contributed by atoms with van der Waals surface area (Å²) in [5.41, 5.74) is 4.19. The van der Waals surface area contributed by atoms with Crippen LogP contribution >= 0.6 is 11.8 Å². The minimum atomic E-state index is -0.939. The third-order valence-electron chi connectivity index (χ3n) is 8.18. The van der Waals surface area contributed by atoms with E-state index >= 15 is 0 Å². The highest BCUT2D eigenvalue weighted by Crippen LogP contribution is 2.64. The summed E-state index contributed by atoms with van der Waals surface area (Å²) >= 11 is 1.58. The zero-order valence-corrected chi connectivity index (χ0v) is 20.1. The molecule has 35 heavy (non-hydrogen) atoms. The quantitative estimate of drug-likeness (QED) is 0.661. The summed E-state index contributed by atoms with van der Waals surface area (Å²) in [4.78, 5) is 39.3. The maximum absolute atomic E-state index is 13.4. The van der Waals surface area contributed by atoms with Crippen LogP contribution in [0, 0.1) is 11.3 Å². The molecule has 0 aromatic heterocycles. The Morgan fingerprint density at radius 1 is 1.06 bits per heavy atom. The van der Waals surface area contributed by atoms with Crippen molar-refractivity contribution in [2.75, 3.05) is 24.7 Å². The molecule has 2 amide bonds. The monoisotopic (exact) mass is 492 g/mol. The molecule has 4 atom stereocenters. The molecule has 6 rings (SSSR count). The fourth-order valence-corrected chi connectivity index (χ4v) is 7.45. The van der Waals surface area contributed by atoms with Crippen LogP contribution in [0.3, 0.4) is 0 Å². The van der Waals surface area contributed by atoms with Crippen LogP contribution in [0.4, 0.5) is 4.79 Å². The molecule has 7 nitrogen and oxygen atoms in total. The summed E-state index contributed by atoms with van der Waals surface area (Å²) < 4.78 is 5.68. The van der Waals surface area contributed by atoms with Gasteiger partial charge in [0.05, 0.1) is 5.41 Å². The van der Waals surface area contributed by atoms with Gasteiger partial charge >= 0.3 is 12.1 Å². The number of fused-ring (bicyclic) bond motifs is 4. The fourth-order valence-electron chi connectivity index (χ4n) is 6.41. The van der Waals surface area contributed by atoms with Crippen molar-refractivity contribution in [2.45, 2.75) is 37.3 Å². The zero-order chi connectivity index (χ0) is 24.2. The van der Waals surface area contributed by atoms with Gasteiger partial charge in [-0.25, -0.2) is 9.59 Å². The van der Waals surface area contributed by atoms with Gasteiger partial charge in [-0.3, -0.25) is 4.79 Å². The van der Waals surface area contributed by atoms with E-state index in [-0.39, 0.29) is 30.4 Å². The number of nitrogens with zero attached hydrogens (tertiary/aromatic N) is 1. The normalized spacial score (nSPS) is 28.6. The standard InChI is InChI=1S/C27H28N2O5S/c30-24(31)23-15-35-10-9-29(23)25(32)27-12-16(27)11-17(13-27)28-26(33)34-14-22-20-7-3-1-5-18(20)19-6-2-4-8-21(19)22/h1-8,16-17,22-23H,9-15H2,(H,28,33)(H,30,31)/t16-,17+,23?,27+/m1/s1. The maximum atomic E-state index is 13.4. The molecule has 2 aromatic carbocycles. The Balaban J connectivity index is 1.07. The minimum Gasteiger partial charge on any atom is -0.480 e. The second kappa shape index (κ2) is 8.59. The summed E-state index contributed by atoms with van der Waals surface area (Å²) in [7, 11) is 0. The highest BCUT2D eigenvalue weighted by molar-refractivity contribution is 7.99. The SMILES string of the molecule is O=C(N[C@H]1C[C@@H]2C[C@]2(C(=O)N2CCSCC2C(=O)O)C1)OCC1c2ccccc2-c2ccccc21. The number of nitrogens with one attached hydrogen (secondary N) is 1. The largest absolute Gasteiger partial charge is 0.480 e. The van der Waals surface area contributed by atoms with Crippen LogP contribution in [0.15, 0.2) is 48.5 Å². The highest BCUT2D eigenvalue weighted by Gasteiger charge is 2.66. The molecule has 1 aliphatic heterocycles. The van der Waals surface area contributed by atoms with Crippen molar-refractivity contribution in [2.24, 2.45) is 11.3 Å². The van der Waals surface area contributed by atoms with Gasteiger partial charge in [0.1, 0.15) is 12.6 Å². The van der Waals surface area contributed by atoms with E-state index in [9.17, 15) is 19.5 Å². The predicted molar refractivity (Wildman–Crippen MR) is 132 cm³/mol. The molecule has 2 saturated carbocycles. The number of carbonyl (C=O) groups excluding carboxylic acids is 2. The highest BCUT2D eigenvalue weighted by atomic mass is 32.2. The zero-order valence-electron chi connectivity index (χ0n) is 19.3. The number of aliphatic carboxylic acids is 1. The molecular weight excluding hydrogens is 464 g/mol. The molecular formula is C27H28N2O5S. The van der Waals surface area contributed by atoms with Crippen molar-refractivity contribution in [1.82, 2.24) is 10.2 Å². The average Bonchev–Trinajstić information content (AvgIpc) is 3.30. The van der Waals surface area contributed by atoms with E-state index in [4.69, 9.17) is 4.74 Å². The molecule has 0 bridgehead atoms. The number of ether oxygens (including phenoxy) is 1. The smallest absolute Gasteiger partial charge is 0.407 e. The summed E-state index contributed by atoms with van der Waals surface area (Å²) in [5.74, 6) is 0.416. The Morgan fingerprint density at radius 2 is 1.74 bits per heavy atom. The van der Waals surface area contributed by atoms with E-state index in [1.807, 2.05) is 24.3 Å². The van der Waals surface area contributed by atoms with E-state index in [2.05, 4.69) is 29.6 Å². The van der Waals surface area contributed by atoms with Gasteiger partial charge in [-0.1, -0.05) is 48.5 Å². The van der Waals surface area contributed by atoms with Crippen molar-refractivity contribution in [3.8, 4) is 11.1 Å². The molecule has 1 heterocycles. The lowest BCUT2D eigenvalue weighted by Gasteiger charge is -2.35. The molecule has 1 unspecified atom stereocenters. The van der Waals surface area contributed by atoms with E-state index < -0.39 is 23.5 Å². The number of hydrogen-bond donors (Lipinski definition) is 2. The van der Waals surface area contributed by atoms with Crippen LogP contribution in [0.1, 0.15) is 36.3 Å². The molecule has 0 radical (unpaired) electrons. The van der Waals surface area contributed by atoms with Gasteiger partial charge in [0.2, 0.25) is 5.91 Å². The molecule has 4 aliphatic rings. The van der Waals surface area contributed by atoms with Crippen molar-refractivity contribution in [3.05, 3.63) is 59.7 Å². The Hall–Kier alpha value is -3.00. The third kappa shape index (κ3) is 3.78. The molecule has 3 aliphatic carbocycles. The van der Waals surface area contributed by atoms with Gasteiger partial charge in [-0.15, -0.1) is 0 Å². The Labute approximate surface area is 208 Å². The van der Waals surface area contributed by atoms with Gasteiger partial charge in [-0.2, -0.15) is 11.8 Å². The first-order valence-electron chi connectivity index (χ1n) is 12.2. The molecule has 3 fully saturated rings. The number of amides is 2. The van der Waals surface area contributed by atoms with E-state index in [0.29, 0.717) is 18.7 Å². The van der Waals surface area contributed by atoms with Gasteiger partial charge < -0.3 is 20.1 Å². The average molecular weight is 493 g/mol. The van der Waals surface area contributed by atoms with E-state index in [1.54, 1.807) is 16.7 Å². The van der Waals surface area contributed by atoms with E-state index in [0.717, 1.165) is 18.6 Å². The van der Waals surface area contributed by atoms with Gasteiger partial charge in [-0.05, 0) is 47.4 Å². The number of thioether (sulfide) groups is 1. The van der Waals surface area contributed by atoms with Gasteiger partial charge in [0.25, 0.3) is 0 Å². The van der Waals surface area contributed by atoms with Gasteiger partial charge in [0, 0.05) is 30.0 Å². The number of benzene rings is 2. The molecule has 182 valence electrons. The number of carboxylic acids is 1. The maximum Gasteiger partial charge on any atom is 0.407 e. The lowest BCUT2D eigenvalue weighted by atomic mass is 9.98. The fraction of sp³-hybridized carbons (Fsp3) is 0.444. The van der Waals surface area contributed by atoms with Crippen LogP contribution < -0.4 is 5.32 Å². The van der Waals surface area contributed by atoms with Crippen molar-refractivity contribution in [3.63, 3.8) is 0 Å². The molecule has 2 N–H and O–H groups in total. The Kier molecular flexibility index (Phi) is 5.51. The third-order valence-corrected chi connectivity index (χ3v) is 9.20. The number of rotatable bonds is 5. The molecule has 1 saturated heterocycles. The van der Waals surface area contributed by atoms with Crippen LogP contribution in [-0.4, -0.2) is 64.7 Å². The van der Waals surface area contributed by atoms with Crippen LogP contribution in [0.2, 0.25) is 0 Å². The lowest BCUT2D eigenvalue weighted by molar-refractivity contribution is -0.151. The van der Waals surface area contributed by atoms with Crippen molar-refractivity contribution >= 4 is 29.7 Å². The molecule has 0 spiro atoms. The van der Waals surface area contributed by atoms with Crippen molar-refractivity contribution in [1.29, 1.82) is 0 Å². The van der Waals surface area contributed by atoms with Crippen LogP contribution in [0.25, 0.3) is 11.1 Å². The summed E-state index contributed by atoms with van der Waals surface area (Å²) in [6.07, 6.45) is 1.61. The van der Waals surface area contributed by atoms with Crippen LogP contribution in [-0.2, 0) is 14.3 Å². The number of carboxylic acid groups (broad SMARTS) is 1. The van der Waals surface area contributed by atoms with Gasteiger partial charge in [0.15, 0.2) is 0 Å². The first-order valence-corrected chi connectivity index (χ1v) is 13.4. The first-order chi connectivity index (χ1) is 17.0. The predicted octanol–water partition coefficient (Wildman–Crippen LogP) is 3.72. The minimum absolute atomic E-state index is 0.00275. The molecule has 8 heteroatoms. The summed E-state index contributed by atoms with van der Waals surface area (Å²) in [5, 5.41) is 12.5. The lowest BCUT2D eigenvalue weighted by Crippen LogP contribution is -2.53. The van der Waals surface area contributed by atoms with E-state index in [1.165, 1.54) is 22.3 Å². The molecule has 2 aromatic rings. The second-order valence-electron chi connectivity index (χ2n) is 10.1. The topological polar surface area (TPSA) is 95.9 Å². The number of alkyl carbamates (subject to hydrolysis) is 1. The Morgan fingerprint density at radius 3 is 2.43 bits per heavy atom. The van der Waals surface area contributed by atoms with Crippen molar-refractivity contribution < 1.29 is 24.2 Å². The number of carbonyl (C=O) groups is 3. The second-order valence-corrected chi connectivity index (χ2v) is 11.2. The van der Waals surface area contributed by atoms with Crippen LogP contribution in [0.5, 0.6) is 0 Å². The first kappa shape index (κ1) is 22.5. The Bertz CT molecular complexity index is 1160. The summed E-state index contributed by atoms with van der Waals surface area (Å²) in [6.45, 7) is 0.727. The number of hydrogen-bond acceptors (Lipinski definition) is 5. The summed E-state index contributed by atoms with van der Waals surface area (Å²) in [6, 6.07) is 15.6.